The number of amides is 1. The lowest BCUT2D eigenvalue weighted by Gasteiger charge is -2.16. The summed E-state index contributed by atoms with van der Waals surface area (Å²) in [4.78, 5) is 17.3. The Morgan fingerprint density at radius 2 is 1.65 bits per heavy atom. The summed E-state index contributed by atoms with van der Waals surface area (Å²) in [5.41, 5.74) is 7.26. The van der Waals surface area contributed by atoms with Crippen LogP contribution in [0, 0.1) is 6.92 Å². The number of aromatic nitrogens is 1. The van der Waals surface area contributed by atoms with Crippen molar-refractivity contribution in [2.75, 3.05) is 17.3 Å². The minimum atomic E-state index is -3.55. The molecule has 0 fully saturated rings. The largest absolute Gasteiger partial charge is 0.456 e. The van der Waals surface area contributed by atoms with Gasteiger partial charge >= 0.3 is 0 Å². The van der Waals surface area contributed by atoms with Gasteiger partial charge in [-0.05, 0) is 37.3 Å². The van der Waals surface area contributed by atoms with Crippen molar-refractivity contribution in [3.63, 3.8) is 0 Å². The van der Waals surface area contributed by atoms with Gasteiger partial charge in [0.2, 0.25) is 0 Å². The van der Waals surface area contributed by atoms with E-state index < -0.39 is 15.7 Å². The molecule has 0 saturated heterocycles. The Kier molecular flexibility index (Phi) is 6.53. The zero-order chi connectivity index (χ0) is 24.3. The topological polar surface area (TPSA) is 121 Å². The van der Waals surface area contributed by atoms with Gasteiger partial charge in [0.05, 0.1) is 16.9 Å². The van der Waals surface area contributed by atoms with Crippen LogP contribution in [0.5, 0.6) is 23.0 Å². The van der Waals surface area contributed by atoms with Gasteiger partial charge in [-0.3, -0.25) is 10.1 Å². The molecule has 1 heterocycles. The van der Waals surface area contributed by atoms with E-state index in [1.807, 2.05) is 18.4 Å². The monoisotopic (exact) mass is 495 g/mol. The lowest BCUT2D eigenvalue weighted by molar-refractivity contribution is 0.102. The molecule has 3 aromatic carbocycles. The van der Waals surface area contributed by atoms with Crippen LogP contribution in [0.15, 0.2) is 77.0 Å². The van der Waals surface area contributed by atoms with Crippen molar-refractivity contribution in [2.24, 2.45) is 0 Å². The number of rotatable bonds is 7. The summed E-state index contributed by atoms with van der Waals surface area (Å²) in [6.07, 6.45) is 1.09. The second-order valence-electron chi connectivity index (χ2n) is 7.37. The molecule has 4 aromatic rings. The van der Waals surface area contributed by atoms with Crippen LogP contribution in [0.25, 0.3) is 0 Å². The molecule has 4 rings (SSSR count). The maximum atomic E-state index is 13.0. The molecule has 0 radical (unpaired) electrons. The maximum absolute atomic E-state index is 13.0. The number of nitrogen functional groups attached to an aromatic ring is 1. The first-order valence-electron chi connectivity index (χ1n) is 10.1. The van der Waals surface area contributed by atoms with E-state index >= 15 is 0 Å². The summed E-state index contributed by atoms with van der Waals surface area (Å²) in [5.74, 6) is 0.469. The average Bonchev–Trinajstić information content (AvgIpc) is 3.20. The van der Waals surface area contributed by atoms with E-state index in [0.717, 1.165) is 11.9 Å². The summed E-state index contributed by atoms with van der Waals surface area (Å²) in [6.45, 7) is 1.82. The number of carbonyl (C=O) groups is 1. The molecule has 0 saturated carbocycles. The Balaban J connectivity index is 1.76. The smallest absolute Gasteiger partial charge is 0.259 e. The van der Waals surface area contributed by atoms with Crippen LogP contribution < -0.4 is 20.5 Å². The third-order valence-electron chi connectivity index (χ3n) is 4.65. The Morgan fingerprint density at radius 1 is 0.971 bits per heavy atom. The number of anilines is 2. The third kappa shape index (κ3) is 5.36. The predicted molar refractivity (Wildman–Crippen MR) is 132 cm³/mol. The van der Waals surface area contributed by atoms with Crippen LogP contribution in [0.1, 0.15) is 16.1 Å². The van der Waals surface area contributed by atoms with Crippen molar-refractivity contribution >= 4 is 37.9 Å². The van der Waals surface area contributed by atoms with Crippen molar-refractivity contribution in [2.45, 2.75) is 11.8 Å². The molecule has 0 bridgehead atoms. The van der Waals surface area contributed by atoms with E-state index in [2.05, 4.69) is 10.3 Å². The van der Waals surface area contributed by atoms with E-state index in [1.165, 1.54) is 35.6 Å². The van der Waals surface area contributed by atoms with Crippen LogP contribution in [-0.4, -0.2) is 25.6 Å². The molecule has 174 valence electrons. The number of para-hydroxylation sites is 2. The lowest BCUT2D eigenvalue weighted by atomic mass is 10.1. The highest BCUT2D eigenvalue weighted by Gasteiger charge is 2.20. The zero-order valence-electron chi connectivity index (χ0n) is 18.3. The maximum Gasteiger partial charge on any atom is 0.259 e. The second kappa shape index (κ2) is 9.54. The highest BCUT2D eigenvalue weighted by Crippen LogP contribution is 2.38. The third-order valence-corrected chi connectivity index (χ3v) is 6.66. The van der Waals surface area contributed by atoms with E-state index in [4.69, 9.17) is 15.2 Å². The first kappa shape index (κ1) is 23.3. The fourth-order valence-corrected chi connectivity index (χ4v) is 4.58. The van der Waals surface area contributed by atoms with Crippen molar-refractivity contribution < 1.29 is 22.7 Å². The van der Waals surface area contributed by atoms with E-state index in [9.17, 15) is 13.2 Å². The van der Waals surface area contributed by atoms with Gasteiger partial charge in [0.25, 0.3) is 5.91 Å². The first-order valence-corrected chi connectivity index (χ1v) is 12.8. The van der Waals surface area contributed by atoms with Crippen LogP contribution in [0.2, 0.25) is 0 Å². The number of hydrogen-bond acceptors (Lipinski definition) is 8. The number of benzene rings is 3. The van der Waals surface area contributed by atoms with Gasteiger partial charge in [-0.25, -0.2) is 13.4 Å². The van der Waals surface area contributed by atoms with Crippen molar-refractivity contribution in [3.8, 4) is 23.0 Å². The molecule has 1 amide bonds. The predicted octanol–water partition coefficient (Wildman–Crippen LogP) is 5.27. The molecule has 3 N–H and O–H groups in total. The number of aryl methyl sites for hydroxylation is 1. The average molecular weight is 496 g/mol. The fourth-order valence-electron chi connectivity index (χ4n) is 3.09. The van der Waals surface area contributed by atoms with Crippen LogP contribution in [0.4, 0.5) is 10.8 Å². The number of carbonyl (C=O) groups excluding carboxylic acids is 1. The number of nitrogens with one attached hydrogen (secondary N) is 1. The van der Waals surface area contributed by atoms with Gasteiger partial charge in [-0.2, -0.15) is 0 Å². The summed E-state index contributed by atoms with van der Waals surface area (Å²) < 4.78 is 36.2. The number of sulfone groups is 1. The molecule has 0 spiro atoms. The SMILES string of the molecule is Cc1csc(NC(=O)c2cc(Oc3ccccc3S(C)(=O)=O)cc(Oc3ccccc3)c2N)n1. The van der Waals surface area contributed by atoms with Gasteiger partial charge in [0.15, 0.2) is 20.7 Å². The Hall–Kier alpha value is -3.89. The van der Waals surface area contributed by atoms with Crippen LogP contribution in [0.3, 0.4) is 0 Å². The number of ether oxygens (including phenoxy) is 2. The number of nitrogens with zero attached hydrogens (tertiary/aromatic N) is 1. The quantitative estimate of drug-likeness (QED) is 0.335. The Labute approximate surface area is 200 Å². The minimum absolute atomic E-state index is 0.0154. The summed E-state index contributed by atoms with van der Waals surface area (Å²) in [7, 11) is -3.55. The molecule has 34 heavy (non-hydrogen) atoms. The molecule has 0 aliphatic heterocycles. The highest BCUT2D eigenvalue weighted by molar-refractivity contribution is 7.90. The van der Waals surface area contributed by atoms with Gasteiger partial charge in [-0.1, -0.05) is 30.3 Å². The Bertz CT molecular complexity index is 1450. The van der Waals surface area contributed by atoms with Gasteiger partial charge in [-0.15, -0.1) is 11.3 Å². The zero-order valence-corrected chi connectivity index (χ0v) is 19.9. The highest BCUT2D eigenvalue weighted by atomic mass is 32.2. The number of hydrogen-bond donors (Lipinski definition) is 2. The molecular formula is C24H21N3O5S2. The molecule has 8 nitrogen and oxygen atoms in total. The molecule has 0 unspecified atom stereocenters. The normalized spacial score (nSPS) is 11.1. The first-order chi connectivity index (χ1) is 16.2. The molecule has 1 aromatic heterocycles. The molecule has 10 heteroatoms. The van der Waals surface area contributed by atoms with E-state index in [0.29, 0.717) is 10.9 Å². The van der Waals surface area contributed by atoms with Crippen molar-refractivity contribution in [1.29, 1.82) is 0 Å². The number of thiazole rings is 1. The van der Waals surface area contributed by atoms with Gasteiger partial charge < -0.3 is 15.2 Å². The van der Waals surface area contributed by atoms with Crippen LogP contribution in [-0.2, 0) is 9.84 Å². The minimum Gasteiger partial charge on any atom is -0.456 e. The molecule has 0 atom stereocenters. The van der Waals surface area contributed by atoms with Gasteiger partial charge in [0.1, 0.15) is 22.1 Å². The summed E-state index contributed by atoms with van der Waals surface area (Å²) in [5, 5.41) is 4.95. The standard InChI is InChI=1S/C24H21N3O5S2/c1-15-14-33-24(26-15)27-23(28)18-12-17(32-19-10-6-7-11-21(19)34(2,29)30)13-20(22(18)25)31-16-8-4-3-5-9-16/h3-14H,25H2,1-2H3,(H,26,27,28). The Morgan fingerprint density at radius 3 is 2.32 bits per heavy atom. The van der Waals surface area contributed by atoms with Crippen molar-refractivity contribution in [1.82, 2.24) is 4.98 Å². The number of nitrogens with two attached hydrogens (primary N) is 1. The van der Waals surface area contributed by atoms with E-state index in [-0.39, 0.29) is 33.4 Å². The van der Waals surface area contributed by atoms with Crippen LogP contribution >= 0.6 is 11.3 Å². The van der Waals surface area contributed by atoms with Crippen molar-refractivity contribution in [3.05, 3.63) is 83.4 Å². The summed E-state index contributed by atoms with van der Waals surface area (Å²) in [6, 6.07) is 18.1. The summed E-state index contributed by atoms with van der Waals surface area (Å²) >= 11 is 1.28. The lowest BCUT2D eigenvalue weighted by Crippen LogP contribution is -2.14. The molecule has 0 aliphatic rings. The molecular weight excluding hydrogens is 474 g/mol. The second-order valence-corrected chi connectivity index (χ2v) is 10.2. The molecule has 0 aliphatic carbocycles. The fraction of sp³-hybridized carbons (Fsp3) is 0.0833. The van der Waals surface area contributed by atoms with E-state index in [1.54, 1.807) is 36.4 Å². The van der Waals surface area contributed by atoms with Gasteiger partial charge in [0, 0.05) is 17.7 Å².